The number of nitrogens with one attached hydrogen (secondary N) is 2. The van der Waals surface area contributed by atoms with Crippen LogP contribution in [0.5, 0.6) is 0 Å². The lowest BCUT2D eigenvalue weighted by Crippen LogP contribution is -2.33. The highest BCUT2D eigenvalue weighted by Crippen LogP contribution is 2.43. The molecule has 42 heavy (non-hydrogen) atoms. The second-order valence-electron chi connectivity index (χ2n) is 10.7. The van der Waals surface area contributed by atoms with Crippen molar-refractivity contribution in [1.29, 1.82) is 0 Å². The van der Waals surface area contributed by atoms with Crippen LogP contribution >= 0.6 is 23.8 Å². The van der Waals surface area contributed by atoms with E-state index in [-0.39, 0.29) is 24.4 Å². The van der Waals surface area contributed by atoms with Gasteiger partial charge in [-0.3, -0.25) is 9.78 Å². The molecule has 6 nitrogen and oxygen atoms in total. The lowest BCUT2D eigenvalue weighted by Gasteiger charge is -2.29. The molecule has 1 saturated heterocycles. The van der Waals surface area contributed by atoms with Crippen molar-refractivity contribution in [3.8, 4) is 5.69 Å². The molecule has 0 bridgehead atoms. The van der Waals surface area contributed by atoms with E-state index in [0.29, 0.717) is 16.7 Å². The van der Waals surface area contributed by atoms with E-state index in [9.17, 15) is 4.79 Å². The number of rotatable bonds is 7. The Hall–Kier alpha value is -4.20. The van der Waals surface area contributed by atoms with Gasteiger partial charge in [0.25, 0.3) is 0 Å². The van der Waals surface area contributed by atoms with Crippen LogP contribution in [0.15, 0.2) is 91.1 Å². The number of carbonyl (C=O) groups excluding carboxylic acids is 1. The zero-order valence-corrected chi connectivity index (χ0v) is 25.3. The third-order valence-corrected chi connectivity index (χ3v) is 8.80. The molecule has 0 unspecified atom stereocenters. The largest absolute Gasteiger partial charge is 0.352 e. The van der Waals surface area contributed by atoms with Gasteiger partial charge in [0.1, 0.15) is 0 Å². The molecule has 1 aliphatic heterocycles. The lowest BCUT2D eigenvalue weighted by molar-refractivity contribution is -0.116. The number of benzene rings is 3. The highest BCUT2D eigenvalue weighted by Gasteiger charge is 2.42. The number of nitrogens with zero attached hydrogens (tertiary/aromatic N) is 3. The van der Waals surface area contributed by atoms with Crippen LogP contribution in [-0.4, -0.2) is 32.0 Å². The molecule has 2 N–H and O–H groups in total. The maximum Gasteiger partial charge on any atom is 0.226 e. The molecule has 3 aromatic carbocycles. The Labute approximate surface area is 256 Å². The van der Waals surface area contributed by atoms with Crippen molar-refractivity contribution in [3.63, 3.8) is 0 Å². The number of carbonyl (C=O) groups is 1. The predicted octanol–water partition coefficient (Wildman–Crippen LogP) is 7.61. The molecule has 0 radical (unpaired) electrons. The minimum Gasteiger partial charge on any atom is -0.352 e. The number of thiocarbonyl (C=S) groups is 1. The number of halogens is 1. The first kappa shape index (κ1) is 27.9. The molecule has 0 aliphatic carbocycles. The maximum absolute atomic E-state index is 13.3. The first-order chi connectivity index (χ1) is 20.3. The molecule has 0 saturated carbocycles. The number of anilines is 1. The standard InChI is InChI=1S/C34H32ClN5OS/c1-21-22(2)40(26-13-9-12-25(35)20-26)23(3)31(21)33-32(29-15-6-7-18-36-29)38-34(42)39(33)19-17-30(41)37-28-16-8-11-24-10-4-5-14-27(24)28/h4-16,18,20,32-33H,17,19H2,1-3H3,(H,37,41)(H,38,42)/t32-,33-/m0/s1. The van der Waals surface area contributed by atoms with Gasteiger partial charge in [0.05, 0.1) is 17.8 Å². The fraction of sp³-hybridized carbons (Fsp3) is 0.206. The van der Waals surface area contributed by atoms with E-state index < -0.39 is 0 Å². The van der Waals surface area contributed by atoms with Crippen LogP contribution in [0.3, 0.4) is 0 Å². The zero-order chi connectivity index (χ0) is 29.4. The van der Waals surface area contributed by atoms with Crippen LogP contribution in [0.2, 0.25) is 5.02 Å². The fourth-order valence-electron chi connectivity index (χ4n) is 6.17. The monoisotopic (exact) mass is 593 g/mol. The summed E-state index contributed by atoms with van der Waals surface area (Å²) in [6.07, 6.45) is 2.09. The average Bonchev–Trinajstić information content (AvgIpc) is 3.43. The summed E-state index contributed by atoms with van der Waals surface area (Å²) in [5.41, 5.74) is 7.31. The summed E-state index contributed by atoms with van der Waals surface area (Å²) in [5.74, 6) is -0.0599. The molecule has 1 aliphatic rings. The molecule has 1 amide bonds. The number of hydrogen-bond acceptors (Lipinski definition) is 3. The van der Waals surface area contributed by atoms with Crippen LogP contribution in [0.4, 0.5) is 5.69 Å². The van der Waals surface area contributed by atoms with E-state index in [2.05, 4.69) is 46.9 Å². The van der Waals surface area contributed by atoms with E-state index in [4.69, 9.17) is 28.8 Å². The van der Waals surface area contributed by atoms with Gasteiger partial charge in [-0.15, -0.1) is 0 Å². The molecular formula is C34H32ClN5OS. The van der Waals surface area contributed by atoms with Crippen LogP contribution in [0, 0.1) is 20.8 Å². The molecule has 6 rings (SSSR count). The Morgan fingerprint density at radius 2 is 1.74 bits per heavy atom. The molecule has 1 fully saturated rings. The highest BCUT2D eigenvalue weighted by atomic mass is 35.5. The van der Waals surface area contributed by atoms with Gasteiger partial charge in [0.2, 0.25) is 5.91 Å². The van der Waals surface area contributed by atoms with Crippen molar-refractivity contribution in [2.45, 2.75) is 39.3 Å². The molecule has 5 aromatic rings. The summed E-state index contributed by atoms with van der Waals surface area (Å²) in [6.45, 7) is 6.88. The molecule has 2 aromatic heterocycles. The van der Waals surface area contributed by atoms with Gasteiger partial charge in [0.15, 0.2) is 5.11 Å². The minimum atomic E-state index is -0.174. The van der Waals surface area contributed by atoms with E-state index >= 15 is 0 Å². The Bertz CT molecular complexity index is 1800. The molecule has 8 heteroatoms. The first-order valence-corrected chi connectivity index (χ1v) is 14.8. The smallest absolute Gasteiger partial charge is 0.226 e. The Balaban J connectivity index is 1.34. The Kier molecular flexibility index (Phi) is 7.71. The van der Waals surface area contributed by atoms with E-state index in [1.165, 1.54) is 11.1 Å². The number of amides is 1. The van der Waals surface area contributed by atoms with Crippen molar-refractivity contribution in [1.82, 2.24) is 19.8 Å². The second-order valence-corrected chi connectivity index (χ2v) is 11.5. The summed E-state index contributed by atoms with van der Waals surface area (Å²) in [7, 11) is 0. The Morgan fingerprint density at radius 3 is 2.52 bits per heavy atom. The number of fused-ring (bicyclic) bond motifs is 1. The normalized spacial score (nSPS) is 16.6. The van der Waals surface area contributed by atoms with Crippen LogP contribution in [0.1, 0.15) is 46.7 Å². The summed E-state index contributed by atoms with van der Waals surface area (Å²) >= 11 is 12.3. The van der Waals surface area contributed by atoms with Crippen molar-refractivity contribution in [2.24, 2.45) is 0 Å². The minimum absolute atomic E-state index is 0.0599. The van der Waals surface area contributed by atoms with Crippen molar-refractivity contribution in [3.05, 3.63) is 124 Å². The third kappa shape index (κ3) is 5.14. The summed E-state index contributed by atoms with van der Waals surface area (Å²) in [6, 6.07) is 27.5. The summed E-state index contributed by atoms with van der Waals surface area (Å²) in [4.78, 5) is 20.1. The second kappa shape index (κ2) is 11.6. The van der Waals surface area contributed by atoms with Crippen molar-refractivity contribution in [2.75, 3.05) is 11.9 Å². The van der Waals surface area contributed by atoms with E-state index in [0.717, 1.165) is 39.2 Å². The van der Waals surface area contributed by atoms with Crippen LogP contribution in [-0.2, 0) is 4.79 Å². The average molecular weight is 594 g/mol. The van der Waals surface area contributed by atoms with Gasteiger partial charge in [-0.1, -0.05) is 60.1 Å². The maximum atomic E-state index is 13.3. The number of pyridine rings is 1. The molecule has 3 heterocycles. The van der Waals surface area contributed by atoms with Crippen LogP contribution < -0.4 is 10.6 Å². The third-order valence-electron chi connectivity index (χ3n) is 8.21. The summed E-state index contributed by atoms with van der Waals surface area (Å²) in [5, 5.41) is 10.1. The molecular weight excluding hydrogens is 562 g/mol. The van der Waals surface area contributed by atoms with E-state index in [1.54, 1.807) is 6.20 Å². The quantitative estimate of drug-likeness (QED) is 0.190. The first-order valence-electron chi connectivity index (χ1n) is 14.0. The van der Waals surface area contributed by atoms with Gasteiger partial charge < -0.3 is 20.1 Å². The number of aromatic nitrogens is 2. The van der Waals surface area contributed by atoms with Gasteiger partial charge in [-0.25, -0.2) is 0 Å². The SMILES string of the molecule is Cc1c([C@H]2[C@H](c3ccccn3)NC(=S)N2CCC(=O)Nc2cccc3ccccc23)c(C)n(-c2cccc(Cl)c2)c1C. The zero-order valence-electron chi connectivity index (χ0n) is 23.8. The topological polar surface area (TPSA) is 62.2 Å². The summed E-state index contributed by atoms with van der Waals surface area (Å²) < 4.78 is 2.25. The van der Waals surface area contributed by atoms with Gasteiger partial charge in [0, 0.05) is 57.9 Å². The van der Waals surface area contributed by atoms with Gasteiger partial charge >= 0.3 is 0 Å². The number of hydrogen-bond donors (Lipinski definition) is 2. The molecule has 0 spiro atoms. The fourth-order valence-corrected chi connectivity index (χ4v) is 6.69. The highest BCUT2D eigenvalue weighted by molar-refractivity contribution is 7.80. The Morgan fingerprint density at radius 1 is 0.976 bits per heavy atom. The van der Waals surface area contributed by atoms with Crippen molar-refractivity contribution >= 4 is 51.3 Å². The van der Waals surface area contributed by atoms with Gasteiger partial charge in [-0.05, 0) is 80.3 Å². The van der Waals surface area contributed by atoms with Gasteiger partial charge in [-0.2, -0.15) is 0 Å². The van der Waals surface area contributed by atoms with Crippen LogP contribution in [0.25, 0.3) is 16.5 Å². The molecule has 212 valence electrons. The predicted molar refractivity (Wildman–Crippen MR) is 174 cm³/mol. The van der Waals surface area contributed by atoms with E-state index in [1.807, 2.05) is 78.9 Å². The van der Waals surface area contributed by atoms with Crippen molar-refractivity contribution < 1.29 is 4.79 Å². The lowest BCUT2D eigenvalue weighted by atomic mass is 9.93. The molecule has 2 atom stereocenters.